The molecule has 20 heteroatoms. The molecule has 4 aromatic rings. The van der Waals surface area contributed by atoms with Gasteiger partial charge in [-0.25, -0.2) is 32.9 Å². The van der Waals surface area contributed by atoms with E-state index in [0.29, 0.717) is 17.2 Å². The molecule has 264 valence electrons. The van der Waals surface area contributed by atoms with Crippen LogP contribution in [0.2, 0.25) is 0 Å². The van der Waals surface area contributed by atoms with Crippen LogP contribution < -0.4 is 10.00 Å². The molecule has 1 aliphatic rings. The highest BCUT2D eigenvalue weighted by atomic mass is 32.1. The Morgan fingerprint density at radius 3 is 2.71 bits per heavy atom. The second-order valence-corrected chi connectivity index (χ2v) is 13.4. The van der Waals surface area contributed by atoms with Gasteiger partial charge < -0.3 is 24.4 Å². The largest absolute Gasteiger partial charge is 0.510 e. The fourth-order valence-electron chi connectivity index (χ4n) is 5.00. The second kappa shape index (κ2) is 16.1. The van der Waals surface area contributed by atoms with Gasteiger partial charge in [-0.2, -0.15) is 14.6 Å². The lowest BCUT2D eigenvalue weighted by Gasteiger charge is -2.24. The lowest BCUT2D eigenvalue weighted by atomic mass is 9.93. The van der Waals surface area contributed by atoms with Gasteiger partial charge in [0.15, 0.2) is 24.3 Å². The first-order valence-electron chi connectivity index (χ1n) is 15.2. The minimum Gasteiger partial charge on any atom is -0.432 e. The predicted molar refractivity (Wildman–Crippen MR) is 168 cm³/mol. The van der Waals surface area contributed by atoms with Gasteiger partial charge in [0.25, 0.3) is 5.91 Å². The molecule has 1 unspecified atom stereocenters. The molecule has 5 rings (SSSR count). The van der Waals surface area contributed by atoms with E-state index in [4.69, 9.17) is 14.0 Å². The van der Waals surface area contributed by atoms with Crippen LogP contribution >= 0.6 is 19.2 Å². The van der Waals surface area contributed by atoms with E-state index in [1.807, 2.05) is 6.92 Å². The number of aromatic nitrogens is 6. The third kappa shape index (κ3) is 9.74. The Bertz CT molecular complexity index is 1810. The molecule has 0 aromatic carbocycles. The molecule has 1 aliphatic carbocycles. The summed E-state index contributed by atoms with van der Waals surface area (Å²) in [6.07, 6.45) is 6.36. The molecule has 1 saturated carbocycles. The number of nitrogens with zero attached hydrogens (tertiary/aromatic N) is 5. The number of H-pyrrole nitrogens is 1. The summed E-state index contributed by atoms with van der Waals surface area (Å²) >= 11 is 1.13. The number of phosphoric ester groups is 1. The highest BCUT2D eigenvalue weighted by Crippen LogP contribution is 2.43. The van der Waals surface area contributed by atoms with Gasteiger partial charge in [0.2, 0.25) is 18.9 Å². The molecule has 0 radical (unpaired) electrons. The summed E-state index contributed by atoms with van der Waals surface area (Å²) in [6, 6.07) is 1.89. The first kappa shape index (κ1) is 36.2. The molecule has 4 aromatic heterocycles. The van der Waals surface area contributed by atoms with Crippen LogP contribution in [0.4, 0.5) is 19.3 Å². The smallest absolute Gasteiger partial charge is 0.432 e. The zero-order chi connectivity index (χ0) is 35.1. The van der Waals surface area contributed by atoms with Crippen LogP contribution in [0.25, 0.3) is 22.0 Å². The number of anilines is 1. The molecule has 0 saturated heterocycles. The number of ether oxygens (including phenoxy) is 3. The van der Waals surface area contributed by atoms with Crippen molar-refractivity contribution in [1.29, 1.82) is 0 Å². The van der Waals surface area contributed by atoms with Crippen molar-refractivity contribution < 1.29 is 55.8 Å². The average molecular weight is 727 g/mol. The maximum Gasteiger partial charge on any atom is 0.510 e. The summed E-state index contributed by atoms with van der Waals surface area (Å²) in [5, 5.41) is 11.8. The van der Waals surface area contributed by atoms with Crippen LogP contribution in [0.5, 0.6) is 0 Å². The molecule has 49 heavy (non-hydrogen) atoms. The molecule has 0 spiro atoms. The van der Waals surface area contributed by atoms with Crippen molar-refractivity contribution in [2.75, 3.05) is 18.7 Å². The number of hydrogen-bond acceptors (Lipinski definition) is 12. The quantitative estimate of drug-likeness (QED) is 0.0497. The number of nitrogens with one attached hydrogen (secondary N) is 2. The number of amides is 1. The molecular weight excluding hydrogens is 691 g/mol. The first-order chi connectivity index (χ1) is 23.4. The number of aromatic amines is 1. The molecule has 0 aliphatic heterocycles. The maximum absolute atomic E-state index is 14.8. The van der Waals surface area contributed by atoms with Crippen LogP contribution in [0.15, 0.2) is 36.1 Å². The number of thiazole rings is 1. The average Bonchev–Trinajstić information content (AvgIpc) is 3.82. The number of carbonyl (C=O) groups excluding carboxylic acids is 2. The van der Waals surface area contributed by atoms with Crippen molar-refractivity contribution in [2.45, 2.75) is 71.4 Å². The lowest BCUT2D eigenvalue weighted by Crippen LogP contribution is -2.43. The SMILES string of the molecule is CCOC1CCC([n+]2cc(NC(=O)c3csc(-c4cnn(COP(=O)(O)OCOC(=O)OC(C)C)c4)n3)c(-c3nc(F)ccc3F)[nH]2)CC1. The highest BCUT2D eigenvalue weighted by Gasteiger charge is 2.32. The zero-order valence-electron chi connectivity index (χ0n) is 26.7. The van der Waals surface area contributed by atoms with Crippen LogP contribution in [-0.2, 0) is 34.6 Å². The third-order valence-corrected chi connectivity index (χ3v) is 8.97. The molecule has 3 N–H and O–H groups in total. The fraction of sp³-hybridized carbons (Fsp3) is 0.448. The minimum absolute atomic E-state index is 0.0114. The third-order valence-electron chi connectivity index (χ3n) is 7.21. The van der Waals surface area contributed by atoms with Crippen molar-refractivity contribution in [1.82, 2.24) is 24.8 Å². The van der Waals surface area contributed by atoms with Gasteiger partial charge in [-0.3, -0.25) is 9.32 Å². The minimum atomic E-state index is -4.62. The summed E-state index contributed by atoms with van der Waals surface area (Å²) in [4.78, 5) is 42.6. The topological polar surface area (TPSA) is 193 Å². The molecule has 1 amide bonds. The molecule has 0 bridgehead atoms. The summed E-state index contributed by atoms with van der Waals surface area (Å²) in [7, 11) is -4.62. The second-order valence-electron chi connectivity index (χ2n) is 11.1. The van der Waals surface area contributed by atoms with Gasteiger partial charge in [-0.15, -0.1) is 16.0 Å². The van der Waals surface area contributed by atoms with Gasteiger partial charge in [0.1, 0.15) is 22.1 Å². The molecule has 1 atom stereocenters. The number of phosphoric acid groups is 1. The van der Waals surface area contributed by atoms with E-state index in [2.05, 4.69) is 34.7 Å². The Hall–Kier alpha value is -4.13. The highest BCUT2D eigenvalue weighted by molar-refractivity contribution is 7.47. The Kier molecular flexibility index (Phi) is 11.8. The van der Waals surface area contributed by atoms with Gasteiger partial charge in [0, 0.05) is 36.6 Å². The van der Waals surface area contributed by atoms with Gasteiger partial charge >= 0.3 is 14.0 Å². The number of rotatable bonds is 14. The van der Waals surface area contributed by atoms with E-state index in [0.717, 1.165) is 49.2 Å². The van der Waals surface area contributed by atoms with Gasteiger partial charge in [-0.05, 0) is 45.7 Å². The van der Waals surface area contributed by atoms with Crippen LogP contribution in [0, 0.1) is 11.8 Å². The van der Waals surface area contributed by atoms with E-state index >= 15 is 0 Å². The molecule has 1 fully saturated rings. The standard InChI is InChI=1S/C29H34F2N7O9PS/c1-4-43-20-7-5-19(6-8-20)38-13-22(26(36-38)25-21(30)9-10-24(31)35-25)33-27(39)23-14-49-28(34-23)18-11-32-37(12-18)15-45-48(41,42)46-16-44-29(40)47-17(2)3/h9-14,17,19-20H,4-8,15-16H2,1-3H3,(H2,33,39,41,42)/p+1. The Labute approximate surface area is 282 Å². The Morgan fingerprint density at radius 1 is 1.20 bits per heavy atom. The summed E-state index contributed by atoms with van der Waals surface area (Å²) in [6.45, 7) is 4.40. The van der Waals surface area contributed by atoms with E-state index in [1.165, 1.54) is 22.5 Å². The molecule has 16 nitrogen and oxygen atoms in total. The molecular formula is C29H35F2N7O9PS+. The fourth-order valence-corrected chi connectivity index (χ4v) is 6.30. The Balaban J connectivity index is 1.24. The van der Waals surface area contributed by atoms with Crippen LogP contribution in [0.3, 0.4) is 0 Å². The lowest BCUT2D eigenvalue weighted by molar-refractivity contribution is -0.775. The first-order valence-corrected chi connectivity index (χ1v) is 17.6. The number of pyridine rings is 1. The number of carbonyl (C=O) groups is 2. The zero-order valence-corrected chi connectivity index (χ0v) is 28.4. The van der Waals surface area contributed by atoms with Crippen molar-refractivity contribution in [2.24, 2.45) is 0 Å². The van der Waals surface area contributed by atoms with Gasteiger partial charge in [0.05, 0.1) is 18.4 Å². The van der Waals surface area contributed by atoms with Crippen molar-refractivity contribution in [3.8, 4) is 22.0 Å². The van der Waals surface area contributed by atoms with E-state index in [9.17, 15) is 27.8 Å². The number of hydrogen-bond donors (Lipinski definition) is 3. The van der Waals surface area contributed by atoms with E-state index in [-0.39, 0.29) is 34.9 Å². The molecule has 4 heterocycles. The van der Waals surface area contributed by atoms with Crippen molar-refractivity contribution >= 4 is 36.9 Å². The summed E-state index contributed by atoms with van der Waals surface area (Å²) in [5.74, 6) is -2.26. The predicted octanol–water partition coefficient (Wildman–Crippen LogP) is 5.35. The van der Waals surface area contributed by atoms with E-state index in [1.54, 1.807) is 24.7 Å². The van der Waals surface area contributed by atoms with Gasteiger partial charge in [-0.1, -0.05) is 0 Å². The normalized spacial score (nSPS) is 17.5. The summed E-state index contributed by atoms with van der Waals surface area (Å²) < 4.78 is 68.4. The van der Waals surface area contributed by atoms with E-state index < -0.39 is 51.3 Å². The van der Waals surface area contributed by atoms with Crippen LogP contribution in [-0.4, -0.2) is 67.4 Å². The van der Waals surface area contributed by atoms with Crippen molar-refractivity contribution in [3.05, 3.63) is 53.6 Å². The van der Waals surface area contributed by atoms with Crippen molar-refractivity contribution in [3.63, 3.8) is 0 Å². The monoisotopic (exact) mass is 726 g/mol. The Morgan fingerprint density at radius 2 is 1.98 bits per heavy atom. The van der Waals surface area contributed by atoms with Crippen LogP contribution in [0.1, 0.15) is 63.0 Å². The maximum atomic E-state index is 14.8. The summed E-state index contributed by atoms with van der Waals surface area (Å²) in [5.41, 5.74) is 0.504. The number of halogens is 2.